The maximum Gasteiger partial charge on any atom is 0.260 e. The van der Waals surface area contributed by atoms with Gasteiger partial charge in [-0.05, 0) is 24.7 Å². The third-order valence-electron chi connectivity index (χ3n) is 4.27. The molecule has 3 rings (SSSR count). The Morgan fingerprint density at radius 2 is 2.20 bits per heavy atom. The van der Waals surface area contributed by atoms with Crippen LogP contribution in [0.25, 0.3) is 4.96 Å². The molecule has 20 heavy (non-hydrogen) atoms. The van der Waals surface area contributed by atoms with Crippen LogP contribution in [0.4, 0.5) is 5.82 Å². The van der Waals surface area contributed by atoms with Crippen LogP contribution >= 0.6 is 11.3 Å². The molecule has 8 heteroatoms. The molecule has 1 aliphatic carbocycles. The summed E-state index contributed by atoms with van der Waals surface area (Å²) in [5.41, 5.74) is 5.78. The number of thiazole rings is 1. The van der Waals surface area contributed by atoms with Gasteiger partial charge >= 0.3 is 0 Å². The normalized spacial score (nSPS) is 27.4. The van der Waals surface area contributed by atoms with Gasteiger partial charge in [0.2, 0.25) is 0 Å². The van der Waals surface area contributed by atoms with E-state index in [1.165, 1.54) is 15.7 Å². The summed E-state index contributed by atoms with van der Waals surface area (Å²) in [6.45, 7) is 4.24. The molecule has 0 aromatic carbocycles. The Morgan fingerprint density at radius 1 is 1.45 bits per heavy atom. The highest BCUT2D eigenvalue weighted by Crippen LogP contribution is 2.32. The van der Waals surface area contributed by atoms with Crippen molar-refractivity contribution in [2.45, 2.75) is 37.8 Å². The van der Waals surface area contributed by atoms with Gasteiger partial charge in [0.05, 0.1) is 0 Å². The summed E-state index contributed by atoms with van der Waals surface area (Å²) < 4.78 is 29.5. The van der Waals surface area contributed by atoms with Crippen molar-refractivity contribution in [3.63, 3.8) is 0 Å². The number of rotatable bonds is 3. The second-order valence-electron chi connectivity index (χ2n) is 5.50. The number of nitrogens with two attached hydrogens (primary N) is 1. The number of hydrogen-bond acceptors (Lipinski definition) is 5. The van der Waals surface area contributed by atoms with E-state index in [9.17, 15) is 8.42 Å². The molecule has 0 spiro atoms. The van der Waals surface area contributed by atoms with Crippen molar-refractivity contribution in [2.75, 3.05) is 5.73 Å². The molecule has 2 aromatic rings. The van der Waals surface area contributed by atoms with Gasteiger partial charge < -0.3 is 5.73 Å². The molecule has 0 bridgehead atoms. The summed E-state index contributed by atoms with van der Waals surface area (Å²) in [7, 11) is -3.65. The Hall–Kier alpha value is -1.12. The van der Waals surface area contributed by atoms with E-state index in [0.717, 1.165) is 12.8 Å². The average Bonchev–Trinajstić information content (AvgIpc) is 2.99. The second-order valence-corrected chi connectivity index (χ2v) is 8.00. The fourth-order valence-corrected chi connectivity index (χ4v) is 5.18. The van der Waals surface area contributed by atoms with Gasteiger partial charge in [-0.3, -0.25) is 4.40 Å². The lowest BCUT2D eigenvalue weighted by Gasteiger charge is -2.19. The highest BCUT2D eigenvalue weighted by atomic mass is 32.2. The number of nitrogens with one attached hydrogen (secondary N) is 1. The number of imidazole rings is 1. The number of nitrogen functional groups attached to an aromatic ring is 1. The molecule has 0 amide bonds. The minimum absolute atomic E-state index is 0.0291. The van der Waals surface area contributed by atoms with E-state index in [1.807, 2.05) is 0 Å². The Kier molecular flexibility index (Phi) is 3.26. The topological polar surface area (TPSA) is 89.5 Å². The number of aromatic nitrogens is 2. The van der Waals surface area contributed by atoms with Crippen LogP contribution in [-0.4, -0.2) is 23.8 Å². The molecule has 1 fully saturated rings. The minimum atomic E-state index is -3.65. The van der Waals surface area contributed by atoms with Crippen molar-refractivity contribution in [3.8, 4) is 0 Å². The summed E-state index contributed by atoms with van der Waals surface area (Å²) in [5.74, 6) is 0.923. The Bertz CT molecular complexity index is 734. The first-order chi connectivity index (χ1) is 9.40. The van der Waals surface area contributed by atoms with Crippen LogP contribution in [0.2, 0.25) is 0 Å². The van der Waals surface area contributed by atoms with Gasteiger partial charge in [-0.25, -0.2) is 18.1 Å². The molecule has 1 saturated carbocycles. The molecule has 6 nitrogen and oxygen atoms in total. The smallest absolute Gasteiger partial charge is 0.260 e. The molecule has 110 valence electrons. The first-order valence-corrected chi connectivity index (χ1v) is 9.00. The molecule has 3 unspecified atom stereocenters. The predicted octanol–water partition coefficient (Wildman–Crippen LogP) is 1.69. The van der Waals surface area contributed by atoms with Crippen molar-refractivity contribution in [1.29, 1.82) is 0 Å². The van der Waals surface area contributed by atoms with Gasteiger partial charge in [-0.15, -0.1) is 11.3 Å². The second kappa shape index (κ2) is 4.71. The van der Waals surface area contributed by atoms with Crippen molar-refractivity contribution >= 4 is 32.1 Å². The van der Waals surface area contributed by atoms with Gasteiger partial charge in [0, 0.05) is 17.6 Å². The van der Waals surface area contributed by atoms with Crippen LogP contribution < -0.4 is 10.5 Å². The number of hydrogen-bond donors (Lipinski definition) is 2. The monoisotopic (exact) mass is 314 g/mol. The standard InChI is InChI=1S/C12H18N4O2S2/c1-7-3-4-9(8(7)2)15-20(17,18)11-10(13)14-12-16(11)5-6-19-12/h5-9,15H,3-4,13H2,1-2H3. The van der Waals surface area contributed by atoms with Crippen LogP contribution in [0.3, 0.4) is 0 Å². The van der Waals surface area contributed by atoms with Crippen molar-refractivity contribution in [1.82, 2.24) is 14.1 Å². The van der Waals surface area contributed by atoms with Gasteiger partial charge in [0.1, 0.15) is 0 Å². The van der Waals surface area contributed by atoms with E-state index in [-0.39, 0.29) is 16.9 Å². The zero-order chi connectivity index (χ0) is 14.5. The molecular formula is C12H18N4O2S2. The first-order valence-electron chi connectivity index (χ1n) is 6.63. The molecule has 3 atom stereocenters. The van der Waals surface area contributed by atoms with E-state index in [0.29, 0.717) is 16.8 Å². The lowest BCUT2D eigenvalue weighted by Crippen LogP contribution is -2.38. The number of fused-ring (bicyclic) bond motifs is 1. The van der Waals surface area contributed by atoms with Crippen LogP contribution in [0.15, 0.2) is 16.6 Å². The molecule has 2 heterocycles. The summed E-state index contributed by atoms with van der Waals surface area (Å²) in [4.78, 5) is 4.68. The molecule has 0 aliphatic heterocycles. The SMILES string of the molecule is CC1CCC(NS(=O)(=O)c2c(N)nc3sccn23)C1C. The summed E-state index contributed by atoms with van der Waals surface area (Å²) in [5, 5.41) is 1.85. The van der Waals surface area contributed by atoms with E-state index in [2.05, 4.69) is 23.6 Å². The van der Waals surface area contributed by atoms with Crippen LogP contribution in [0.5, 0.6) is 0 Å². The summed E-state index contributed by atoms with van der Waals surface area (Å²) >= 11 is 1.36. The van der Waals surface area contributed by atoms with E-state index in [1.54, 1.807) is 11.6 Å². The summed E-state index contributed by atoms with van der Waals surface area (Å²) in [6, 6.07) is -0.0291. The highest BCUT2D eigenvalue weighted by Gasteiger charge is 2.35. The summed E-state index contributed by atoms with van der Waals surface area (Å²) in [6.07, 6.45) is 3.59. The minimum Gasteiger partial charge on any atom is -0.381 e. The van der Waals surface area contributed by atoms with E-state index < -0.39 is 10.0 Å². The number of nitrogens with zero attached hydrogens (tertiary/aromatic N) is 2. The predicted molar refractivity (Wildman–Crippen MR) is 79.2 cm³/mol. The van der Waals surface area contributed by atoms with Gasteiger partial charge in [0.25, 0.3) is 10.0 Å². The van der Waals surface area contributed by atoms with Crippen LogP contribution in [0, 0.1) is 11.8 Å². The van der Waals surface area contributed by atoms with Crippen LogP contribution in [0.1, 0.15) is 26.7 Å². The van der Waals surface area contributed by atoms with Crippen LogP contribution in [-0.2, 0) is 10.0 Å². The zero-order valence-electron chi connectivity index (χ0n) is 11.4. The Morgan fingerprint density at radius 3 is 2.85 bits per heavy atom. The lowest BCUT2D eigenvalue weighted by molar-refractivity contribution is 0.402. The average molecular weight is 314 g/mol. The maximum absolute atomic E-state index is 12.6. The highest BCUT2D eigenvalue weighted by molar-refractivity contribution is 7.89. The number of anilines is 1. The lowest BCUT2D eigenvalue weighted by atomic mass is 9.98. The molecule has 0 saturated heterocycles. The molecule has 0 radical (unpaired) electrons. The maximum atomic E-state index is 12.6. The molecule has 3 N–H and O–H groups in total. The van der Waals surface area contributed by atoms with Crippen molar-refractivity contribution < 1.29 is 8.42 Å². The van der Waals surface area contributed by atoms with Gasteiger partial charge in [-0.1, -0.05) is 13.8 Å². The van der Waals surface area contributed by atoms with Crippen molar-refractivity contribution in [3.05, 3.63) is 11.6 Å². The molecular weight excluding hydrogens is 296 g/mol. The fraction of sp³-hybridized carbons (Fsp3) is 0.583. The van der Waals surface area contributed by atoms with E-state index in [4.69, 9.17) is 5.73 Å². The molecule has 1 aliphatic rings. The van der Waals surface area contributed by atoms with E-state index >= 15 is 0 Å². The fourth-order valence-electron chi connectivity index (χ4n) is 2.84. The molecule has 2 aromatic heterocycles. The van der Waals surface area contributed by atoms with Gasteiger partial charge in [-0.2, -0.15) is 0 Å². The van der Waals surface area contributed by atoms with Crippen molar-refractivity contribution in [2.24, 2.45) is 11.8 Å². The first kappa shape index (κ1) is 13.8. The third kappa shape index (κ3) is 2.11. The quantitative estimate of drug-likeness (QED) is 0.902. The Balaban J connectivity index is 1.96. The Labute approximate surface area is 122 Å². The number of sulfonamides is 1. The van der Waals surface area contributed by atoms with Gasteiger partial charge in [0.15, 0.2) is 15.8 Å². The third-order valence-corrected chi connectivity index (χ3v) is 6.55. The zero-order valence-corrected chi connectivity index (χ0v) is 13.0. The largest absolute Gasteiger partial charge is 0.381 e.